The maximum Gasteiger partial charge on any atom is 0.410 e. The first-order valence-corrected chi connectivity index (χ1v) is 8.76. The van der Waals surface area contributed by atoms with Crippen LogP contribution in [0.1, 0.15) is 39.2 Å². The van der Waals surface area contributed by atoms with Crippen molar-refractivity contribution in [3.05, 3.63) is 35.9 Å². The van der Waals surface area contributed by atoms with Crippen molar-refractivity contribution < 1.29 is 19.1 Å². The molecule has 0 aromatic heterocycles. The molecule has 25 heavy (non-hydrogen) atoms. The van der Waals surface area contributed by atoms with E-state index < -0.39 is 11.7 Å². The minimum Gasteiger partial charge on any atom is -0.445 e. The standard InChI is InChI=1S/C19H28N2O4/c1-19(2,3)25-17(22)20-11-9-15-10-12-21(13-15)18(23)24-14-16-7-5-4-6-8-16/h4-8,15H,9-14H2,1-3H3,(H,20,22)/t15-/m1/s1. The monoisotopic (exact) mass is 348 g/mol. The summed E-state index contributed by atoms with van der Waals surface area (Å²) in [7, 11) is 0. The third kappa shape index (κ3) is 7.03. The van der Waals surface area contributed by atoms with Crippen LogP contribution in [0.15, 0.2) is 30.3 Å². The van der Waals surface area contributed by atoms with E-state index in [0.29, 0.717) is 32.2 Å². The van der Waals surface area contributed by atoms with E-state index in [1.807, 2.05) is 51.1 Å². The Kier molecular flexibility index (Phi) is 6.67. The molecule has 1 aliphatic rings. The Bertz CT molecular complexity index is 569. The fourth-order valence-electron chi connectivity index (χ4n) is 2.74. The number of carbonyl (C=O) groups is 2. The molecular weight excluding hydrogens is 320 g/mol. The van der Waals surface area contributed by atoms with E-state index in [4.69, 9.17) is 9.47 Å². The average molecular weight is 348 g/mol. The summed E-state index contributed by atoms with van der Waals surface area (Å²) < 4.78 is 10.6. The number of nitrogens with one attached hydrogen (secondary N) is 1. The van der Waals surface area contributed by atoms with Crippen molar-refractivity contribution in [2.75, 3.05) is 19.6 Å². The van der Waals surface area contributed by atoms with Gasteiger partial charge in [0, 0.05) is 19.6 Å². The van der Waals surface area contributed by atoms with Gasteiger partial charge in [0.25, 0.3) is 0 Å². The highest BCUT2D eigenvalue weighted by Gasteiger charge is 2.27. The summed E-state index contributed by atoms with van der Waals surface area (Å²) in [5.74, 6) is 0.374. The van der Waals surface area contributed by atoms with Crippen LogP contribution in [0.2, 0.25) is 0 Å². The van der Waals surface area contributed by atoms with Crippen LogP contribution in [0.25, 0.3) is 0 Å². The Hall–Kier alpha value is -2.24. The molecule has 0 radical (unpaired) electrons. The predicted octanol–water partition coefficient (Wildman–Crippen LogP) is 3.56. The van der Waals surface area contributed by atoms with Gasteiger partial charge in [-0.3, -0.25) is 0 Å². The minimum absolute atomic E-state index is 0.272. The van der Waals surface area contributed by atoms with Gasteiger partial charge in [-0.05, 0) is 45.1 Å². The highest BCUT2D eigenvalue weighted by atomic mass is 16.6. The van der Waals surface area contributed by atoms with E-state index >= 15 is 0 Å². The van der Waals surface area contributed by atoms with Gasteiger partial charge in [0.15, 0.2) is 0 Å². The van der Waals surface area contributed by atoms with Gasteiger partial charge in [-0.15, -0.1) is 0 Å². The van der Waals surface area contributed by atoms with Gasteiger partial charge in [-0.25, -0.2) is 9.59 Å². The average Bonchev–Trinajstić information content (AvgIpc) is 3.01. The number of hydrogen-bond donors (Lipinski definition) is 1. The predicted molar refractivity (Wildman–Crippen MR) is 95.2 cm³/mol. The zero-order valence-electron chi connectivity index (χ0n) is 15.3. The van der Waals surface area contributed by atoms with Gasteiger partial charge < -0.3 is 19.7 Å². The van der Waals surface area contributed by atoms with E-state index in [1.54, 1.807) is 4.90 Å². The first-order chi connectivity index (χ1) is 11.8. The zero-order valence-corrected chi connectivity index (χ0v) is 15.3. The van der Waals surface area contributed by atoms with E-state index in [0.717, 1.165) is 18.4 Å². The Morgan fingerprint density at radius 3 is 2.64 bits per heavy atom. The van der Waals surface area contributed by atoms with Crippen molar-refractivity contribution in [2.45, 2.75) is 45.8 Å². The van der Waals surface area contributed by atoms with Crippen LogP contribution < -0.4 is 5.32 Å². The van der Waals surface area contributed by atoms with E-state index in [-0.39, 0.29) is 6.09 Å². The lowest BCUT2D eigenvalue weighted by Gasteiger charge is -2.20. The largest absolute Gasteiger partial charge is 0.445 e. The van der Waals surface area contributed by atoms with E-state index in [2.05, 4.69) is 5.32 Å². The molecule has 6 heteroatoms. The van der Waals surface area contributed by atoms with Gasteiger partial charge in [0.05, 0.1) is 0 Å². The van der Waals surface area contributed by atoms with Crippen LogP contribution in [0.3, 0.4) is 0 Å². The van der Waals surface area contributed by atoms with Gasteiger partial charge in [0.1, 0.15) is 12.2 Å². The third-order valence-corrected chi connectivity index (χ3v) is 3.97. The molecule has 0 bridgehead atoms. The summed E-state index contributed by atoms with van der Waals surface area (Å²) in [4.78, 5) is 25.5. The van der Waals surface area contributed by atoms with Gasteiger partial charge in [-0.1, -0.05) is 30.3 Å². The van der Waals surface area contributed by atoms with Crippen LogP contribution in [-0.4, -0.2) is 42.3 Å². The number of benzene rings is 1. The number of ether oxygens (including phenoxy) is 2. The molecule has 2 rings (SSSR count). The number of likely N-dealkylation sites (tertiary alicyclic amines) is 1. The van der Waals surface area contributed by atoms with Crippen molar-refractivity contribution in [3.8, 4) is 0 Å². The highest BCUT2D eigenvalue weighted by Crippen LogP contribution is 2.20. The lowest BCUT2D eigenvalue weighted by atomic mass is 10.1. The second-order valence-corrected chi connectivity index (χ2v) is 7.36. The third-order valence-electron chi connectivity index (χ3n) is 3.97. The van der Waals surface area contributed by atoms with Gasteiger partial charge >= 0.3 is 12.2 Å². The molecular formula is C19H28N2O4. The quantitative estimate of drug-likeness (QED) is 0.883. The number of nitrogens with zero attached hydrogens (tertiary/aromatic N) is 1. The fourth-order valence-corrected chi connectivity index (χ4v) is 2.74. The number of carbonyl (C=O) groups excluding carboxylic acids is 2. The van der Waals surface area contributed by atoms with E-state index in [9.17, 15) is 9.59 Å². The van der Waals surface area contributed by atoms with Crippen molar-refractivity contribution in [1.29, 1.82) is 0 Å². The normalized spacial score (nSPS) is 17.2. The van der Waals surface area contributed by atoms with Gasteiger partial charge in [0.2, 0.25) is 0 Å². The summed E-state index contributed by atoms with van der Waals surface area (Å²) in [5.41, 5.74) is 0.490. The van der Waals surface area contributed by atoms with E-state index in [1.165, 1.54) is 0 Å². The molecule has 1 aromatic rings. The second-order valence-electron chi connectivity index (χ2n) is 7.36. The molecule has 0 spiro atoms. The molecule has 6 nitrogen and oxygen atoms in total. The summed E-state index contributed by atoms with van der Waals surface area (Å²) in [6, 6.07) is 9.64. The van der Waals surface area contributed by atoms with Crippen molar-refractivity contribution in [3.63, 3.8) is 0 Å². The molecule has 1 heterocycles. The van der Waals surface area contributed by atoms with Crippen molar-refractivity contribution >= 4 is 12.2 Å². The van der Waals surface area contributed by atoms with Crippen LogP contribution in [0.5, 0.6) is 0 Å². The first-order valence-electron chi connectivity index (χ1n) is 8.76. The Morgan fingerprint density at radius 1 is 1.24 bits per heavy atom. The number of rotatable bonds is 5. The SMILES string of the molecule is CC(C)(C)OC(=O)NCC[C@@H]1CCN(C(=O)OCc2ccccc2)C1. The smallest absolute Gasteiger partial charge is 0.410 e. The van der Waals surface area contributed by atoms with Crippen LogP contribution in [0.4, 0.5) is 9.59 Å². The first kappa shape index (κ1) is 19.1. The number of alkyl carbamates (subject to hydrolysis) is 1. The molecule has 2 amide bonds. The molecule has 1 fully saturated rings. The highest BCUT2D eigenvalue weighted by molar-refractivity contribution is 5.68. The minimum atomic E-state index is -0.489. The van der Waals surface area contributed by atoms with Crippen LogP contribution >= 0.6 is 0 Å². The zero-order chi connectivity index (χ0) is 18.3. The molecule has 1 saturated heterocycles. The van der Waals surface area contributed by atoms with Crippen LogP contribution in [0, 0.1) is 5.92 Å². The van der Waals surface area contributed by atoms with Crippen molar-refractivity contribution in [1.82, 2.24) is 10.2 Å². The molecule has 1 N–H and O–H groups in total. The van der Waals surface area contributed by atoms with Gasteiger partial charge in [-0.2, -0.15) is 0 Å². The maximum atomic E-state index is 12.1. The molecule has 1 aliphatic heterocycles. The molecule has 0 unspecified atom stereocenters. The molecule has 0 aliphatic carbocycles. The Labute approximate surface area is 149 Å². The number of hydrogen-bond acceptors (Lipinski definition) is 4. The Balaban J connectivity index is 1.64. The summed E-state index contributed by atoms with van der Waals surface area (Å²) in [6.07, 6.45) is 1.08. The van der Waals surface area contributed by atoms with Crippen LogP contribution in [-0.2, 0) is 16.1 Å². The lowest BCUT2D eigenvalue weighted by molar-refractivity contribution is 0.0524. The summed E-state index contributed by atoms with van der Waals surface area (Å²) in [6.45, 7) is 7.72. The molecule has 0 saturated carbocycles. The summed E-state index contributed by atoms with van der Waals surface area (Å²) in [5, 5.41) is 2.76. The topological polar surface area (TPSA) is 67.9 Å². The second kappa shape index (κ2) is 8.74. The molecule has 138 valence electrons. The van der Waals surface area contributed by atoms with Crippen molar-refractivity contribution in [2.24, 2.45) is 5.92 Å². The fraction of sp³-hybridized carbons (Fsp3) is 0.579. The maximum absolute atomic E-state index is 12.1. The number of amides is 2. The lowest BCUT2D eigenvalue weighted by Crippen LogP contribution is -2.34. The summed E-state index contributed by atoms with van der Waals surface area (Å²) >= 11 is 0. The molecule has 1 atom stereocenters. The molecule has 1 aromatic carbocycles. The Morgan fingerprint density at radius 2 is 1.96 bits per heavy atom.